The van der Waals surface area contributed by atoms with Crippen LogP contribution in [0.3, 0.4) is 0 Å². The first kappa shape index (κ1) is 15.8. The predicted octanol–water partition coefficient (Wildman–Crippen LogP) is 1.68. The van der Waals surface area contributed by atoms with Crippen LogP contribution < -0.4 is 4.72 Å². The average Bonchev–Trinajstić information content (AvgIpc) is 2.65. The number of carboxylic acids is 1. The number of pyridine rings is 1. The zero-order chi connectivity index (χ0) is 15.5. The molecule has 0 atom stereocenters. The summed E-state index contributed by atoms with van der Waals surface area (Å²) in [5, 5.41) is 9.46. The van der Waals surface area contributed by atoms with Crippen LogP contribution >= 0.6 is 0 Å². The van der Waals surface area contributed by atoms with Crippen LogP contribution in [0.25, 0.3) is 0 Å². The van der Waals surface area contributed by atoms with Gasteiger partial charge < -0.3 is 5.11 Å². The molecule has 0 unspecified atom stereocenters. The quantitative estimate of drug-likeness (QED) is 0.824. The maximum atomic E-state index is 13.1. The first-order valence-corrected chi connectivity index (χ1v) is 8.22. The number of hydrogen-bond acceptors (Lipinski definition) is 4. The number of hydrogen-bond donors (Lipinski definition) is 2. The molecule has 2 rings (SSSR count). The summed E-state index contributed by atoms with van der Waals surface area (Å²) in [6.07, 6.45) is 5.35. The van der Waals surface area contributed by atoms with E-state index in [1.165, 1.54) is 0 Å². The molecule has 6 nitrogen and oxygen atoms in total. The summed E-state index contributed by atoms with van der Waals surface area (Å²) in [5.74, 6) is -1.99. The van der Waals surface area contributed by atoms with Gasteiger partial charge in [-0.25, -0.2) is 12.8 Å². The minimum atomic E-state index is -4.14. The largest absolute Gasteiger partial charge is 0.480 e. The van der Waals surface area contributed by atoms with Crippen molar-refractivity contribution in [2.75, 3.05) is 0 Å². The summed E-state index contributed by atoms with van der Waals surface area (Å²) in [5.41, 5.74) is -1.53. The third-order valence-corrected chi connectivity index (χ3v) is 5.19. The Kier molecular flexibility index (Phi) is 4.58. The van der Waals surface area contributed by atoms with Crippen molar-refractivity contribution in [3.05, 3.63) is 24.3 Å². The third-order valence-electron chi connectivity index (χ3n) is 3.69. The van der Waals surface area contributed by atoms with Crippen LogP contribution in [-0.4, -0.2) is 30.0 Å². The van der Waals surface area contributed by atoms with Gasteiger partial charge in [0.15, 0.2) is 0 Å². The molecule has 0 amide bonds. The number of nitrogens with zero attached hydrogens (tertiary/aromatic N) is 1. The second-order valence-electron chi connectivity index (χ2n) is 5.25. The Morgan fingerprint density at radius 2 is 1.86 bits per heavy atom. The van der Waals surface area contributed by atoms with Gasteiger partial charge in [0.05, 0.1) is 6.20 Å². The van der Waals surface area contributed by atoms with Crippen molar-refractivity contribution in [2.45, 2.75) is 49.0 Å². The standard InChI is InChI=1S/C13H17FN2O4S/c14-10-7-11(9-15-8-10)21(19,20)16-13(12(17)18)5-3-1-2-4-6-13/h7-9,16H,1-6H2,(H,17,18). The molecule has 0 radical (unpaired) electrons. The molecule has 1 aromatic rings. The van der Waals surface area contributed by atoms with Gasteiger partial charge in [-0.05, 0) is 18.9 Å². The van der Waals surface area contributed by atoms with Crippen molar-refractivity contribution >= 4 is 16.0 Å². The second-order valence-corrected chi connectivity index (χ2v) is 6.93. The normalized spacial score (nSPS) is 18.9. The minimum Gasteiger partial charge on any atom is -0.480 e. The molecule has 1 fully saturated rings. The lowest BCUT2D eigenvalue weighted by molar-refractivity contribution is -0.144. The van der Waals surface area contributed by atoms with E-state index in [0.29, 0.717) is 12.8 Å². The Labute approximate surface area is 122 Å². The van der Waals surface area contributed by atoms with E-state index in [2.05, 4.69) is 9.71 Å². The van der Waals surface area contributed by atoms with Gasteiger partial charge in [0.1, 0.15) is 16.3 Å². The Bertz CT molecular complexity index is 625. The summed E-state index contributed by atoms with van der Waals surface area (Å²) in [4.78, 5) is 14.7. The second kappa shape index (κ2) is 6.07. The Morgan fingerprint density at radius 1 is 1.24 bits per heavy atom. The van der Waals surface area contributed by atoms with Crippen LogP contribution in [0.2, 0.25) is 0 Å². The summed E-state index contributed by atoms with van der Waals surface area (Å²) < 4.78 is 40.0. The molecule has 0 bridgehead atoms. The van der Waals surface area contributed by atoms with Crippen molar-refractivity contribution in [1.29, 1.82) is 0 Å². The smallest absolute Gasteiger partial charge is 0.324 e. The monoisotopic (exact) mass is 316 g/mol. The number of halogens is 1. The van der Waals surface area contributed by atoms with Crippen LogP contribution in [-0.2, 0) is 14.8 Å². The number of aliphatic carboxylic acids is 1. The van der Waals surface area contributed by atoms with Crippen molar-refractivity contribution in [3.8, 4) is 0 Å². The molecule has 21 heavy (non-hydrogen) atoms. The summed E-state index contributed by atoms with van der Waals surface area (Å²) in [6, 6.07) is 0.821. The summed E-state index contributed by atoms with van der Waals surface area (Å²) >= 11 is 0. The minimum absolute atomic E-state index is 0.226. The molecule has 116 valence electrons. The number of nitrogens with one attached hydrogen (secondary N) is 1. The van der Waals surface area contributed by atoms with E-state index in [-0.39, 0.29) is 17.7 Å². The highest BCUT2D eigenvalue weighted by atomic mass is 32.2. The fourth-order valence-corrected chi connectivity index (χ4v) is 3.94. The van der Waals surface area contributed by atoms with Gasteiger partial charge in [-0.15, -0.1) is 0 Å². The summed E-state index contributed by atoms with van der Waals surface area (Å²) in [6.45, 7) is 0. The molecule has 2 N–H and O–H groups in total. The van der Waals surface area contributed by atoms with Crippen molar-refractivity contribution in [3.63, 3.8) is 0 Å². The van der Waals surface area contributed by atoms with Crippen molar-refractivity contribution in [1.82, 2.24) is 9.71 Å². The zero-order valence-corrected chi connectivity index (χ0v) is 12.2. The number of sulfonamides is 1. The number of aromatic nitrogens is 1. The van der Waals surface area contributed by atoms with Crippen LogP contribution in [0, 0.1) is 5.82 Å². The van der Waals surface area contributed by atoms with Crippen LogP contribution in [0.15, 0.2) is 23.4 Å². The topological polar surface area (TPSA) is 96.4 Å². The van der Waals surface area contributed by atoms with Gasteiger partial charge in [-0.1, -0.05) is 25.7 Å². The number of carboxylic acid groups (broad SMARTS) is 1. The van der Waals surface area contributed by atoms with Crippen molar-refractivity contribution < 1.29 is 22.7 Å². The molecular weight excluding hydrogens is 299 g/mol. The van der Waals surface area contributed by atoms with Crippen LogP contribution in [0.4, 0.5) is 4.39 Å². The maximum absolute atomic E-state index is 13.1. The number of rotatable bonds is 4. The van der Waals surface area contributed by atoms with Crippen molar-refractivity contribution in [2.24, 2.45) is 0 Å². The maximum Gasteiger partial charge on any atom is 0.324 e. The van der Waals surface area contributed by atoms with E-state index in [1.54, 1.807) is 0 Å². The van der Waals surface area contributed by atoms with Gasteiger partial charge in [0.25, 0.3) is 0 Å². The number of carbonyl (C=O) groups is 1. The Hall–Kier alpha value is -1.54. The molecule has 0 saturated heterocycles. The van der Waals surface area contributed by atoms with Crippen LogP contribution in [0.1, 0.15) is 38.5 Å². The highest BCUT2D eigenvalue weighted by Crippen LogP contribution is 2.29. The van der Waals surface area contributed by atoms with Gasteiger partial charge in [-0.2, -0.15) is 4.72 Å². The Balaban J connectivity index is 2.33. The van der Waals surface area contributed by atoms with Gasteiger partial charge in [0, 0.05) is 6.20 Å². The van der Waals surface area contributed by atoms with E-state index in [1.807, 2.05) is 0 Å². The molecule has 1 aliphatic carbocycles. The molecule has 0 aliphatic heterocycles. The first-order valence-electron chi connectivity index (χ1n) is 6.74. The molecule has 1 saturated carbocycles. The van der Waals surface area contributed by atoms with E-state index in [4.69, 9.17) is 0 Å². The lowest BCUT2D eigenvalue weighted by Gasteiger charge is -2.28. The molecule has 1 heterocycles. The van der Waals surface area contributed by atoms with Gasteiger partial charge in [0.2, 0.25) is 10.0 Å². The molecule has 1 aromatic heterocycles. The average molecular weight is 316 g/mol. The van der Waals surface area contributed by atoms with E-state index in [9.17, 15) is 22.7 Å². The highest BCUT2D eigenvalue weighted by molar-refractivity contribution is 7.89. The molecule has 8 heteroatoms. The Morgan fingerprint density at radius 3 is 2.38 bits per heavy atom. The molecule has 1 aliphatic rings. The van der Waals surface area contributed by atoms with E-state index in [0.717, 1.165) is 31.3 Å². The zero-order valence-electron chi connectivity index (χ0n) is 11.4. The van der Waals surface area contributed by atoms with E-state index >= 15 is 0 Å². The molecular formula is C13H17FN2O4S. The molecule has 0 aromatic carbocycles. The SMILES string of the molecule is O=C(O)C1(NS(=O)(=O)c2cncc(F)c2)CCCCCC1. The lowest BCUT2D eigenvalue weighted by atomic mass is 9.92. The predicted molar refractivity (Wildman–Crippen MR) is 72.6 cm³/mol. The first-order chi connectivity index (χ1) is 9.86. The van der Waals surface area contributed by atoms with Crippen LogP contribution in [0.5, 0.6) is 0 Å². The highest BCUT2D eigenvalue weighted by Gasteiger charge is 2.42. The summed E-state index contributed by atoms with van der Waals surface area (Å²) in [7, 11) is -4.14. The lowest BCUT2D eigenvalue weighted by Crippen LogP contribution is -2.54. The molecule has 0 spiro atoms. The van der Waals surface area contributed by atoms with Gasteiger partial charge in [-0.3, -0.25) is 9.78 Å². The van der Waals surface area contributed by atoms with E-state index < -0.39 is 27.3 Å². The fraction of sp³-hybridized carbons (Fsp3) is 0.538. The fourth-order valence-electron chi connectivity index (χ4n) is 2.55. The van der Waals surface area contributed by atoms with Gasteiger partial charge >= 0.3 is 5.97 Å². The third kappa shape index (κ3) is 3.56.